The van der Waals surface area contributed by atoms with Gasteiger partial charge < -0.3 is 9.47 Å². The van der Waals surface area contributed by atoms with Crippen LogP contribution in [0.5, 0.6) is 11.5 Å². The third kappa shape index (κ3) is 5.15. The van der Waals surface area contributed by atoms with Gasteiger partial charge in [0.25, 0.3) is 15.9 Å². The van der Waals surface area contributed by atoms with Gasteiger partial charge in [0.2, 0.25) is 0 Å². The van der Waals surface area contributed by atoms with Crippen LogP contribution in [0.2, 0.25) is 0 Å². The maximum absolute atomic E-state index is 13.3. The molecule has 6 nitrogen and oxygen atoms in total. The summed E-state index contributed by atoms with van der Waals surface area (Å²) in [6, 6.07) is 19.3. The minimum absolute atomic E-state index is 0.0137. The van der Waals surface area contributed by atoms with E-state index in [0.717, 1.165) is 4.31 Å². The van der Waals surface area contributed by atoms with Crippen molar-refractivity contribution in [3.63, 3.8) is 0 Å². The number of ether oxygens (including phenoxy) is 2. The fraction of sp³-hybridized carbons (Fsp3) is 0.0870. The SMILES string of the molecule is COc1ccc(N(C(=O)/C=C/c2ccc(OC)c(Br)c2)S(=O)(=O)c2ccccc2)cc1. The minimum atomic E-state index is -4.13. The quantitative estimate of drug-likeness (QED) is 0.430. The van der Waals surface area contributed by atoms with Crippen LogP contribution in [0.3, 0.4) is 0 Å². The molecule has 3 rings (SSSR count). The fourth-order valence-electron chi connectivity index (χ4n) is 2.82. The van der Waals surface area contributed by atoms with E-state index in [2.05, 4.69) is 15.9 Å². The predicted molar refractivity (Wildman–Crippen MR) is 124 cm³/mol. The number of methoxy groups -OCH3 is 2. The summed E-state index contributed by atoms with van der Waals surface area (Å²) in [6.07, 6.45) is 2.77. The van der Waals surface area contributed by atoms with Crippen molar-refractivity contribution in [3.05, 3.63) is 88.9 Å². The van der Waals surface area contributed by atoms with Crippen LogP contribution in [0.15, 0.2) is 88.2 Å². The zero-order valence-electron chi connectivity index (χ0n) is 16.9. The van der Waals surface area contributed by atoms with E-state index in [0.29, 0.717) is 21.5 Å². The van der Waals surface area contributed by atoms with E-state index in [1.54, 1.807) is 61.7 Å². The average Bonchev–Trinajstić information content (AvgIpc) is 2.79. The Morgan fingerprint density at radius 1 is 0.935 bits per heavy atom. The lowest BCUT2D eigenvalue weighted by molar-refractivity contribution is -0.113. The number of amides is 1. The second-order valence-corrected chi connectivity index (χ2v) is 8.99. The fourth-order valence-corrected chi connectivity index (χ4v) is 4.79. The lowest BCUT2D eigenvalue weighted by Crippen LogP contribution is -2.35. The lowest BCUT2D eigenvalue weighted by atomic mass is 10.2. The van der Waals surface area contributed by atoms with Crippen molar-refractivity contribution in [1.82, 2.24) is 0 Å². The van der Waals surface area contributed by atoms with Crippen molar-refractivity contribution < 1.29 is 22.7 Å². The summed E-state index contributed by atoms with van der Waals surface area (Å²) < 4.78 is 38.4. The van der Waals surface area contributed by atoms with Gasteiger partial charge in [-0.15, -0.1) is 0 Å². The molecule has 0 unspecified atom stereocenters. The van der Waals surface area contributed by atoms with Crippen molar-refractivity contribution in [3.8, 4) is 11.5 Å². The maximum atomic E-state index is 13.3. The summed E-state index contributed by atoms with van der Waals surface area (Å²) >= 11 is 3.39. The van der Waals surface area contributed by atoms with E-state index < -0.39 is 15.9 Å². The molecule has 0 aliphatic carbocycles. The molecule has 1 amide bonds. The molecular formula is C23H20BrNO5S. The second-order valence-electron chi connectivity index (χ2n) is 6.35. The van der Waals surface area contributed by atoms with Crippen LogP contribution in [0, 0.1) is 0 Å². The predicted octanol–water partition coefficient (Wildman–Crippen LogP) is 4.90. The summed E-state index contributed by atoms with van der Waals surface area (Å²) in [4.78, 5) is 13.1. The third-order valence-electron chi connectivity index (χ3n) is 4.38. The smallest absolute Gasteiger partial charge is 0.271 e. The highest BCUT2D eigenvalue weighted by molar-refractivity contribution is 9.10. The van der Waals surface area contributed by atoms with Gasteiger partial charge in [-0.3, -0.25) is 4.79 Å². The van der Waals surface area contributed by atoms with Crippen LogP contribution in [-0.2, 0) is 14.8 Å². The molecule has 0 aliphatic rings. The van der Waals surface area contributed by atoms with Gasteiger partial charge in [0, 0.05) is 6.08 Å². The van der Waals surface area contributed by atoms with Crippen LogP contribution in [-0.4, -0.2) is 28.5 Å². The van der Waals surface area contributed by atoms with Gasteiger partial charge in [0.15, 0.2) is 0 Å². The highest BCUT2D eigenvalue weighted by atomic mass is 79.9. The Hall–Kier alpha value is -3.10. The van der Waals surface area contributed by atoms with Crippen LogP contribution in [0.25, 0.3) is 6.08 Å². The molecule has 0 fully saturated rings. The first kappa shape index (κ1) is 22.6. The first-order valence-electron chi connectivity index (χ1n) is 9.17. The molecule has 0 saturated heterocycles. The second kappa shape index (κ2) is 9.80. The zero-order valence-corrected chi connectivity index (χ0v) is 19.3. The Morgan fingerprint density at radius 3 is 2.19 bits per heavy atom. The molecule has 31 heavy (non-hydrogen) atoms. The highest BCUT2D eigenvalue weighted by Crippen LogP contribution is 2.28. The molecule has 8 heteroatoms. The van der Waals surface area contributed by atoms with Gasteiger partial charge >= 0.3 is 0 Å². The topological polar surface area (TPSA) is 72.9 Å². The number of rotatable bonds is 7. The van der Waals surface area contributed by atoms with Crippen molar-refractivity contribution in [2.24, 2.45) is 0 Å². The van der Waals surface area contributed by atoms with Gasteiger partial charge in [-0.1, -0.05) is 24.3 Å². The van der Waals surface area contributed by atoms with Crippen LogP contribution < -0.4 is 13.8 Å². The van der Waals surface area contributed by atoms with Gasteiger partial charge in [-0.25, -0.2) is 8.42 Å². The van der Waals surface area contributed by atoms with Crippen molar-refractivity contribution in [2.45, 2.75) is 4.90 Å². The lowest BCUT2D eigenvalue weighted by Gasteiger charge is -2.21. The molecule has 3 aromatic rings. The molecule has 0 aliphatic heterocycles. The minimum Gasteiger partial charge on any atom is -0.497 e. The summed E-state index contributed by atoms with van der Waals surface area (Å²) in [6.45, 7) is 0. The number of carbonyl (C=O) groups excluding carboxylic acids is 1. The highest BCUT2D eigenvalue weighted by Gasteiger charge is 2.29. The summed E-state index contributed by atoms with van der Waals surface area (Å²) in [5.41, 5.74) is 0.906. The normalized spacial score (nSPS) is 11.3. The largest absolute Gasteiger partial charge is 0.497 e. The Morgan fingerprint density at radius 2 is 1.61 bits per heavy atom. The third-order valence-corrected chi connectivity index (χ3v) is 6.74. The Balaban J connectivity index is 2.01. The van der Waals surface area contributed by atoms with Crippen molar-refractivity contribution >= 4 is 43.6 Å². The zero-order chi connectivity index (χ0) is 22.4. The number of hydrogen-bond acceptors (Lipinski definition) is 5. The number of hydrogen-bond donors (Lipinski definition) is 0. The Labute approximate surface area is 189 Å². The van der Waals surface area contributed by atoms with E-state index in [4.69, 9.17) is 9.47 Å². The number of anilines is 1. The number of nitrogens with zero attached hydrogens (tertiary/aromatic N) is 1. The summed E-state index contributed by atoms with van der Waals surface area (Å²) in [5, 5.41) is 0. The molecule has 0 radical (unpaired) electrons. The first-order valence-corrected chi connectivity index (χ1v) is 11.4. The van der Waals surface area contributed by atoms with E-state index in [1.807, 2.05) is 0 Å². The number of carbonyl (C=O) groups is 1. The van der Waals surface area contributed by atoms with Gasteiger partial charge in [0.05, 0.1) is 29.3 Å². The van der Waals surface area contributed by atoms with Gasteiger partial charge in [0.1, 0.15) is 11.5 Å². The molecule has 0 saturated carbocycles. The number of benzene rings is 3. The maximum Gasteiger partial charge on any atom is 0.271 e. The van der Waals surface area contributed by atoms with Gasteiger partial charge in [-0.2, -0.15) is 4.31 Å². The first-order chi connectivity index (χ1) is 14.9. The molecule has 0 aromatic heterocycles. The summed E-state index contributed by atoms with van der Waals surface area (Å²) in [5.74, 6) is 0.489. The molecule has 3 aromatic carbocycles. The number of halogens is 1. The molecule has 160 valence electrons. The van der Waals surface area contributed by atoms with Gasteiger partial charge in [-0.05, 0) is 76.1 Å². The van der Waals surface area contributed by atoms with Crippen LogP contribution in [0.4, 0.5) is 5.69 Å². The standard InChI is InChI=1S/C23H20BrNO5S/c1-29-19-12-10-18(11-13-19)25(31(27,28)20-6-4-3-5-7-20)23(26)15-9-17-8-14-22(30-2)21(24)16-17/h3-16H,1-2H3/b15-9+. The molecular weight excluding hydrogens is 482 g/mol. The molecule has 0 heterocycles. The van der Waals surface area contributed by atoms with E-state index in [1.165, 1.54) is 37.5 Å². The van der Waals surface area contributed by atoms with Crippen molar-refractivity contribution in [2.75, 3.05) is 18.5 Å². The monoisotopic (exact) mass is 501 g/mol. The van der Waals surface area contributed by atoms with E-state index >= 15 is 0 Å². The Kier molecular flexibility index (Phi) is 7.14. The van der Waals surface area contributed by atoms with Crippen molar-refractivity contribution in [1.29, 1.82) is 0 Å². The van der Waals surface area contributed by atoms with Crippen LogP contribution in [0.1, 0.15) is 5.56 Å². The summed E-state index contributed by atoms with van der Waals surface area (Å²) in [7, 11) is -1.07. The molecule has 0 spiro atoms. The van der Waals surface area contributed by atoms with E-state index in [-0.39, 0.29) is 10.6 Å². The molecule has 0 bridgehead atoms. The van der Waals surface area contributed by atoms with E-state index in [9.17, 15) is 13.2 Å². The average molecular weight is 502 g/mol. The number of sulfonamides is 1. The molecule has 0 N–H and O–H groups in total. The molecule has 0 atom stereocenters. The van der Waals surface area contributed by atoms with Crippen LogP contribution >= 0.6 is 15.9 Å². The Bertz CT molecular complexity index is 1190.